The average Bonchev–Trinajstić information content (AvgIpc) is 2.24. The quantitative estimate of drug-likeness (QED) is 0.817. The molecule has 3 N–H and O–H groups in total. The summed E-state index contributed by atoms with van der Waals surface area (Å²) in [5.41, 5.74) is 10.9. The Morgan fingerprint density at radius 2 is 1.94 bits per heavy atom. The Kier molecular flexibility index (Phi) is 4.33. The zero-order valence-corrected chi connectivity index (χ0v) is 10.8. The summed E-state index contributed by atoms with van der Waals surface area (Å²) in [6, 6.07) is 2.16. The highest BCUT2D eigenvalue weighted by Gasteiger charge is 2.14. The summed E-state index contributed by atoms with van der Waals surface area (Å²) >= 11 is 0. The molecule has 16 heavy (non-hydrogen) atoms. The van der Waals surface area contributed by atoms with E-state index >= 15 is 0 Å². The third-order valence-corrected chi connectivity index (χ3v) is 3.09. The molecule has 0 fully saturated rings. The highest BCUT2D eigenvalue weighted by Crippen LogP contribution is 2.30. The minimum absolute atomic E-state index is 0.0355. The Bertz CT molecular complexity index is 375. The van der Waals surface area contributed by atoms with Gasteiger partial charge in [-0.3, -0.25) is 0 Å². The predicted molar refractivity (Wildman–Crippen MR) is 68.1 cm³/mol. The maximum Gasteiger partial charge on any atom is 0.124 e. The van der Waals surface area contributed by atoms with Crippen LogP contribution in [0.3, 0.4) is 0 Å². The first kappa shape index (κ1) is 13.0. The second-order valence-electron chi connectivity index (χ2n) is 4.23. The summed E-state index contributed by atoms with van der Waals surface area (Å²) in [4.78, 5) is 0. The number of rotatable bonds is 4. The Morgan fingerprint density at radius 1 is 1.31 bits per heavy atom. The number of likely N-dealkylation sites (N-methyl/N-ethyl adjacent to an activating group) is 1. The van der Waals surface area contributed by atoms with Crippen LogP contribution in [0.2, 0.25) is 0 Å². The Hall–Kier alpha value is -1.06. The SMILES string of the molecule is CNCC(N)c1cc(C)c(OC)c(C)c1C. The Morgan fingerprint density at radius 3 is 2.44 bits per heavy atom. The highest BCUT2D eigenvalue weighted by atomic mass is 16.5. The second-order valence-corrected chi connectivity index (χ2v) is 4.23. The number of methoxy groups -OCH3 is 1. The van der Waals surface area contributed by atoms with Crippen molar-refractivity contribution >= 4 is 0 Å². The maximum atomic E-state index is 6.13. The maximum absolute atomic E-state index is 6.13. The van der Waals surface area contributed by atoms with Crippen molar-refractivity contribution < 1.29 is 4.74 Å². The summed E-state index contributed by atoms with van der Waals surface area (Å²) in [5, 5.41) is 3.10. The molecule has 0 spiro atoms. The van der Waals surface area contributed by atoms with E-state index in [1.165, 1.54) is 16.7 Å². The van der Waals surface area contributed by atoms with Crippen molar-refractivity contribution in [2.75, 3.05) is 20.7 Å². The average molecular weight is 222 g/mol. The number of benzene rings is 1. The molecule has 0 aliphatic carbocycles. The van der Waals surface area contributed by atoms with Gasteiger partial charge in [0.1, 0.15) is 5.75 Å². The molecule has 0 aliphatic heterocycles. The van der Waals surface area contributed by atoms with Crippen LogP contribution in [-0.2, 0) is 0 Å². The first-order valence-corrected chi connectivity index (χ1v) is 5.57. The molecule has 0 amide bonds. The fourth-order valence-corrected chi connectivity index (χ4v) is 2.12. The zero-order chi connectivity index (χ0) is 12.3. The third-order valence-electron chi connectivity index (χ3n) is 3.09. The van der Waals surface area contributed by atoms with Gasteiger partial charge in [0.2, 0.25) is 0 Å². The van der Waals surface area contributed by atoms with Crippen LogP contribution in [0, 0.1) is 20.8 Å². The topological polar surface area (TPSA) is 47.3 Å². The van der Waals surface area contributed by atoms with Crippen molar-refractivity contribution in [2.24, 2.45) is 5.73 Å². The summed E-state index contributed by atoms with van der Waals surface area (Å²) in [5.74, 6) is 0.970. The van der Waals surface area contributed by atoms with E-state index in [1.807, 2.05) is 7.05 Å². The molecule has 3 nitrogen and oxygen atoms in total. The van der Waals surface area contributed by atoms with Crippen LogP contribution in [0.25, 0.3) is 0 Å². The molecule has 1 aromatic rings. The lowest BCUT2D eigenvalue weighted by molar-refractivity contribution is 0.407. The van der Waals surface area contributed by atoms with Crippen LogP contribution in [0.5, 0.6) is 5.75 Å². The van der Waals surface area contributed by atoms with Gasteiger partial charge in [-0.05, 0) is 50.1 Å². The van der Waals surface area contributed by atoms with Crippen molar-refractivity contribution in [2.45, 2.75) is 26.8 Å². The number of nitrogens with two attached hydrogens (primary N) is 1. The number of hydrogen-bond donors (Lipinski definition) is 2. The number of hydrogen-bond acceptors (Lipinski definition) is 3. The van der Waals surface area contributed by atoms with Crippen molar-refractivity contribution in [3.63, 3.8) is 0 Å². The molecule has 1 atom stereocenters. The Labute approximate surface area is 98.0 Å². The van der Waals surface area contributed by atoms with Gasteiger partial charge >= 0.3 is 0 Å². The monoisotopic (exact) mass is 222 g/mol. The van der Waals surface area contributed by atoms with E-state index in [4.69, 9.17) is 10.5 Å². The van der Waals surface area contributed by atoms with E-state index in [0.29, 0.717) is 0 Å². The first-order chi connectivity index (χ1) is 7.52. The molecule has 90 valence electrons. The molecule has 0 aromatic heterocycles. The molecule has 0 aliphatic rings. The fourth-order valence-electron chi connectivity index (χ4n) is 2.12. The van der Waals surface area contributed by atoms with Gasteiger partial charge in [0, 0.05) is 12.6 Å². The Balaban J connectivity index is 3.22. The molecule has 0 bridgehead atoms. The van der Waals surface area contributed by atoms with Gasteiger partial charge in [0.05, 0.1) is 7.11 Å². The van der Waals surface area contributed by atoms with E-state index in [9.17, 15) is 0 Å². The minimum Gasteiger partial charge on any atom is -0.496 e. The number of aryl methyl sites for hydroxylation is 1. The van der Waals surface area contributed by atoms with Crippen LogP contribution in [0.15, 0.2) is 6.07 Å². The first-order valence-electron chi connectivity index (χ1n) is 5.57. The lowest BCUT2D eigenvalue weighted by atomic mass is 9.94. The third kappa shape index (κ3) is 2.36. The predicted octanol–water partition coefficient (Wildman–Crippen LogP) is 1.84. The summed E-state index contributed by atoms with van der Waals surface area (Å²) in [6.07, 6.45) is 0. The van der Waals surface area contributed by atoms with E-state index in [2.05, 4.69) is 32.2 Å². The number of ether oxygens (including phenoxy) is 1. The number of nitrogens with one attached hydrogen (secondary N) is 1. The molecule has 0 radical (unpaired) electrons. The van der Waals surface area contributed by atoms with Gasteiger partial charge in [-0.1, -0.05) is 6.07 Å². The van der Waals surface area contributed by atoms with Crippen molar-refractivity contribution in [3.8, 4) is 5.75 Å². The van der Waals surface area contributed by atoms with Gasteiger partial charge in [-0.15, -0.1) is 0 Å². The zero-order valence-electron chi connectivity index (χ0n) is 10.8. The molecule has 1 rings (SSSR count). The highest BCUT2D eigenvalue weighted by molar-refractivity contribution is 5.49. The molecule has 3 heteroatoms. The summed E-state index contributed by atoms with van der Waals surface area (Å²) in [7, 11) is 3.63. The van der Waals surface area contributed by atoms with Crippen LogP contribution in [-0.4, -0.2) is 20.7 Å². The van der Waals surface area contributed by atoms with E-state index in [1.54, 1.807) is 7.11 Å². The van der Waals surface area contributed by atoms with Crippen molar-refractivity contribution in [3.05, 3.63) is 28.3 Å². The van der Waals surface area contributed by atoms with Crippen LogP contribution >= 0.6 is 0 Å². The van der Waals surface area contributed by atoms with Crippen LogP contribution in [0.1, 0.15) is 28.3 Å². The molecular formula is C13H22N2O. The second kappa shape index (κ2) is 5.32. The van der Waals surface area contributed by atoms with Crippen LogP contribution < -0.4 is 15.8 Å². The smallest absolute Gasteiger partial charge is 0.124 e. The van der Waals surface area contributed by atoms with Gasteiger partial charge in [-0.25, -0.2) is 0 Å². The lowest BCUT2D eigenvalue weighted by Gasteiger charge is -2.19. The molecule has 1 aromatic carbocycles. The minimum atomic E-state index is 0.0355. The van der Waals surface area contributed by atoms with Gasteiger partial charge in [0.25, 0.3) is 0 Å². The van der Waals surface area contributed by atoms with E-state index < -0.39 is 0 Å². The normalized spacial score (nSPS) is 12.6. The molecule has 0 saturated heterocycles. The fraction of sp³-hybridized carbons (Fsp3) is 0.538. The van der Waals surface area contributed by atoms with Gasteiger partial charge < -0.3 is 15.8 Å². The molecular weight excluding hydrogens is 200 g/mol. The summed E-state index contributed by atoms with van der Waals surface area (Å²) < 4.78 is 5.39. The summed E-state index contributed by atoms with van der Waals surface area (Å²) in [6.45, 7) is 7.02. The van der Waals surface area contributed by atoms with Crippen LogP contribution in [0.4, 0.5) is 0 Å². The van der Waals surface area contributed by atoms with E-state index in [0.717, 1.165) is 17.9 Å². The van der Waals surface area contributed by atoms with E-state index in [-0.39, 0.29) is 6.04 Å². The molecule has 1 unspecified atom stereocenters. The van der Waals surface area contributed by atoms with Gasteiger partial charge in [0.15, 0.2) is 0 Å². The largest absolute Gasteiger partial charge is 0.496 e. The van der Waals surface area contributed by atoms with Gasteiger partial charge in [-0.2, -0.15) is 0 Å². The van der Waals surface area contributed by atoms with Crippen molar-refractivity contribution in [1.82, 2.24) is 5.32 Å². The molecule has 0 heterocycles. The van der Waals surface area contributed by atoms with Crippen molar-refractivity contribution in [1.29, 1.82) is 0 Å². The lowest BCUT2D eigenvalue weighted by Crippen LogP contribution is -2.25. The molecule has 0 saturated carbocycles. The standard InChI is InChI=1S/C13H22N2O/c1-8-6-11(12(14)7-15-4)9(2)10(3)13(8)16-5/h6,12,15H,7,14H2,1-5H3.